The van der Waals surface area contributed by atoms with Crippen LogP contribution in [0, 0.1) is 5.82 Å². The third-order valence-electron chi connectivity index (χ3n) is 6.13. The zero-order chi connectivity index (χ0) is 22.7. The number of rotatable bonds is 5. The van der Waals surface area contributed by atoms with Gasteiger partial charge in [0.25, 0.3) is 5.91 Å². The first kappa shape index (κ1) is 21.8. The highest BCUT2D eigenvalue weighted by atomic mass is 19.1. The van der Waals surface area contributed by atoms with Gasteiger partial charge in [0.2, 0.25) is 11.8 Å². The molecule has 168 valence electrons. The summed E-state index contributed by atoms with van der Waals surface area (Å²) >= 11 is 0. The lowest BCUT2D eigenvalue weighted by Gasteiger charge is -2.48. The number of ether oxygens (including phenoxy) is 1. The summed E-state index contributed by atoms with van der Waals surface area (Å²) in [5, 5.41) is 5.79. The topological polar surface area (TPSA) is 87.7 Å². The minimum Gasteiger partial charge on any atom is -0.497 e. The molecule has 1 saturated carbocycles. The summed E-state index contributed by atoms with van der Waals surface area (Å²) in [6.45, 7) is 0. The van der Waals surface area contributed by atoms with Gasteiger partial charge >= 0.3 is 0 Å². The van der Waals surface area contributed by atoms with Crippen LogP contribution >= 0.6 is 0 Å². The molecule has 8 heteroatoms. The Morgan fingerprint density at radius 3 is 2.47 bits per heavy atom. The number of nitrogens with one attached hydrogen (secondary N) is 2. The third-order valence-corrected chi connectivity index (χ3v) is 6.13. The monoisotopic (exact) mass is 439 g/mol. The Morgan fingerprint density at radius 2 is 1.78 bits per heavy atom. The number of piperazine rings is 1. The first-order valence-corrected chi connectivity index (χ1v) is 10.8. The Balaban J connectivity index is 1.56. The number of fused-ring (bicyclic) bond motifs is 1. The van der Waals surface area contributed by atoms with Gasteiger partial charge in [0, 0.05) is 17.3 Å². The van der Waals surface area contributed by atoms with E-state index in [-0.39, 0.29) is 36.2 Å². The first-order valence-electron chi connectivity index (χ1n) is 10.8. The highest BCUT2D eigenvalue weighted by molar-refractivity contribution is 6.01. The molecule has 3 atom stereocenters. The molecule has 1 aliphatic carbocycles. The van der Waals surface area contributed by atoms with Gasteiger partial charge in [-0.05, 0) is 61.4 Å². The maximum atomic E-state index is 13.4. The Morgan fingerprint density at radius 1 is 1.09 bits per heavy atom. The normalized spacial score (nSPS) is 22.5. The van der Waals surface area contributed by atoms with Gasteiger partial charge in [-0.25, -0.2) is 4.39 Å². The van der Waals surface area contributed by atoms with Crippen LogP contribution in [0.2, 0.25) is 0 Å². The fourth-order valence-electron chi connectivity index (χ4n) is 4.54. The molecule has 3 amide bonds. The molecule has 4 rings (SSSR count). The number of halogens is 1. The molecule has 0 spiro atoms. The molecule has 32 heavy (non-hydrogen) atoms. The lowest BCUT2D eigenvalue weighted by molar-refractivity contribution is -0.135. The summed E-state index contributed by atoms with van der Waals surface area (Å²) in [5.74, 6) is -0.855. The summed E-state index contributed by atoms with van der Waals surface area (Å²) in [4.78, 5) is 40.7. The smallest absolute Gasteiger partial charge is 0.254 e. The average molecular weight is 439 g/mol. The van der Waals surface area contributed by atoms with Crippen molar-refractivity contribution in [2.45, 2.75) is 50.2 Å². The van der Waals surface area contributed by atoms with E-state index >= 15 is 0 Å². The molecule has 2 N–H and O–H groups in total. The van der Waals surface area contributed by atoms with Gasteiger partial charge in [-0.15, -0.1) is 0 Å². The standard InChI is InChI=1S/C24H26FN3O4/c1-32-18-12-10-17(11-13-18)26-22(29)14-21-23(30)27-19-4-2-3-5-20(19)28(21)24(31)15-6-8-16(25)9-7-15/h6-13,19-21H,2-5,14H2,1H3,(H,26,29)(H,27,30)/t19-,20-,21+/m0/s1. The molecule has 2 aliphatic rings. The van der Waals surface area contributed by atoms with Crippen LogP contribution in [0.1, 0.15) is 42.5 Å². The summed E-state index contributed by atoms with van der Waals surface area (Å²) in [5.41, 5.74) is 0.866. The second-order valence-corrected chi connectivity index (χ2v) is 8.18. The predicted molar refractivity (Wildman–Crippen MR) is 117 cm³/mol. The van der Waals surface area contributed by atoms with E-state index in [1.807, 2.05) is 0 Å². The van der Waals surface area contributed by atoms with E-state index in [0.29, 0.717) is 17.0 Å². The molecular weight excluding hydrogens is 413 g/mol. The summed E-state index contributed by atoms with van der Waals surface area (Å²) in [6.07, 6.45) is 3.27. The van der Waals surface area contributed by atoms with Crippen molar-refractivity contribution in [1.29, 1.82) is 0 Å². The van der Waals surface area contributed by atoms with Gasteiger partial charge in [0.1, 0.15) is 17.6 Å². The summed E-state index contributed by atoms with van der Waals surface area (Å²) in [7, 11) is 1.56. The van der Waals surface area contributed by atoms with E-state index < -0.39 is 11.9 Å². The largest absolute Gasteiger partial charge is 0.497 e. The number of hydrogen-bond acceptors (Lipinski definition) is 4. The Hall–Kier alpha value is -3.42. The van der Waals surface area contributed by atoms with Crippen molar-refractivity contribution in [2.75, 3.05) is 12.4 Å². The van der Waals surface area contributed by atoms with Crippen molar-refractivity contribution in [1.82, 2.24) is 10.2 Å². The van der Waals surface area contributed by atoms with Crippen LogP contribution < -0.4 is 15.4 Å². The molecule has 0 aromatic heterocycles. The number of amides is 3. The molecule has 2 aromatic carbocycles. The van der Waals surface area contributed by atoms with Gasteiger partial charge in [-0.3, -0.25) is 14.4 Å². The number of benzene rings is 2. The van der Waals surface area contributed by atoms with Crippen LogP contribution in [0.3, 0.4) is 0 Å². The number of hydrogen-bond donors (Lipinski definition) is 2. The molecular formula is C24H26FN3O4. The fraction of sp³-hybridized carbons (Fsp3) is 0.375. The van der Waals surface area contributed by atoms with Crippen molar-refractivity contribution in [2.24, 2.45) is 0 Å². The van der Waals surface area contributed by atoms with Crippen molar-refractivity contribution < 1.29 is 23.5 Å². The Bertz CT molecular complexity index is 993. The number of nitrogens with zero attached hydrogens (tertiary/aromatic N) is 1. The second kappa shape index (κ2) is 9.38. The van der Waals surface area contributed by atoms with E-state index in [1.165, 1.54) is 24.3 Å². The zero-order valence-corrected chi connectivity index (χ0v) is 17.8. The summed E-state index contributed by atoms with van der Waals surface area (Å²) in [6, 6.07) is 10.9. The van der Waals surface area contributed by atoms with Crippen LogP contribution in [-0.2, 0) is 9.59 Å². The SMILES string of the molecule is COc1ccc(NC(=O)C[C@@H]2C(=O)N[C@H]3CCCC[C@@H]3N2C(=O)c2ccc(F)cc2)cc1. The predicted octanol–water partition coefficient (Wildman–Crippen LogP) is 3.11. The number of methoxy groups -OCH3 is 1. The van der Waals surface area contributed by atoms with Gasteiger partial charge in [-0.2, -0.15) is 0 Å². The summed E-state index contributed by atoms with van der Waals surface area (Å²) < 4.78 is 18.5. The zero-order valence-electron chi connectivity index (χ0n) is 17.8. The van der Waals surface area contributed by atoms with Crippen LogP contribution in [0.25, 0.3) is 0 Å². The van der Waals surface area contributed by atoms with E-state index in [9.17, 15) is 18.8 Å². The van der Waals surface area contributed by atoms with Gasteiger partial charge in [0.05, 0.1) is 19.6 Å². The van der Waals surface area contributed by atoms with Gasteiger partial charge < -0.3 is 20.3 Å². The Labute approximate surface area is 185 Å². The minimum absolute atomic E-state index is 0.137. The highest BCUT2D eigenvalue weighted by Gasteiger charge is 2.46. The van der Waals surface area contributed by atoms with Crippen LogP contribution in [0.5, 0.6) is 5.75 Å². The minimum atomic E-state index is -0.940. The van der Waals surface area contributed by atoms with E-state index in [1.54, 1.807) is 36.3 Å². The van der Waals surface area contributed by atoms with Crippen molar-refractivity contribution in [3.8, 4) is 5.75 Å². The van der Waals surface area contributed by atoms with Crippen LogP contribution in [0.4, 0.5) is 10.1 Å². The van der Waals surface area contributed by atoms with E-state index in [4.69, 9.17) is 4.74 Å². The molecule has 1 heterocycles. The fourth-order valence-corrected chi connectivity index (χ4v) is 4.54. The molecule has 0 unspecified atom stereocenters. The molecule has 1 aliphatic heterocycles. The number of anilines is 1. The van der Waals surface area contributed by atoms with E-state index in [0.717, 1.165) is 25.7 Å². The highest BCUT2D eigenvalue weighted by Crippen LogP contribution is 2.31. The Kier molecular flexibility index (Phi) is 6.39. The van der Waals surface area contributed by atoms with Gasteiger partial charge in [-0.1, -0.05) is 12.8 Å². The maximum Gasteiger partial charge on any atom is 0.254 e. The molecule has 0 bridgehead atoms. The molecule has 0 radical (unpaired) electrons. The van der Waals surface area contributed by atoms with Crippen molar-refractivity contribution in [3.63, 3.8) is 0 Å². The first-order chi connectivity index (χ1) is 15.5. The number of carbonyl (C=O) groups excluding carboxylic acids is 3. The number of carbonyl (C=O) groups is 3. The lowest BCUT2D eigenvalue weighted by atomic mass is 9.84. The van der Waals surface area contributed by atoms with Crippen LogP contribution in [0.15, 0.2) is 48.5 Å². The third kappa shape index (κ3) is 4.59. The quantitative estimate of drug-likeness (QED) is 0.750. The van der Waals surface area contributed by atoms with E-state index in [2.05, 4.69) is 10.6 Å². The molecule has 2 fully saturated rings. The van der Waals surface area contributed by atoms with Gasteiger partial charge in [0.15, 0.2) is 0 Å². The molecule has 1 saturated heterocycles. The molecule has 2 aromatic rings. The van der Waals surface area contributed by atoms with Crippen LogP contribution in [-0.4, -0.2) is 47.9 Å². The average Bonchev–Trinajstić information content (AvgIpc) is 2.80. The lowest BCUT2D eigenvalue weighted by Crippen LogP contribution is -2.68. The molecule has 7 nitrogen and oxygen atoms in total. The van der Waals surface area contributed by atoms with Crippen molar-refractivity contribution in [3.05, 3.63) is 59.9 Å². The maximum absolute atomic E-state index is 13.4. The van der Waals surface area contributed by atoms with Crippen molar-refractivity contribution >= 4 is 23.4 Å². The second-order valence-electron chi connectivity index (χ2n) is 8.18.